The number of benzene rings is 1. The summed E-state index contributed by atoms with van der Waals surface area (Å²) in [7, 11) is 0. The molecular weight excluding hydrogens is 290 g/mol. The Balaban J connectivity index is 2.88. The lowest BCUT2D eigenvalue weighted by Crippen LogP contribution is -2.39. The first-order valence-corrected chi connectivity index (χ1v) is 6.64. The van der Waals surface area contributed by atoms with Gasteiger partial charge in [-0.05, 0) is 31.5 Å². The van der Waals surface area contributed by atoms with Crippen molar-refractivity contribution in [1.82, 2.24) is 4.90 Å². The second kappa shape index (κ2) is 7.46. The Morgan fingerprint density at radius 1 is 1.18 bits per heavy atom. The molecule has 1 amide bonds. The first-order chi connectivity index (χ1) is 10.2. The van der Waals surface area contributed by atoms with Crippen molar-refractivity contribution in [1.29, 1.82) is 0 Å². The minimum absolute atomic E-state index is 0.0787. The number of aromatic hydroxyl groups is 2. The molecule has 22 heavy (non-hydrogen) atoms. The molecule has 0 aromatic heterocycles. The number of carbonyl (C=O) groups excluding carboxylic acids is 1. The number of hydrogen-bond acceptors (Lipinski definition) is 5. The van der Waals surface area contributed by atoms with Gasteiger partial charge in [0.15, 0.2) is 11.5 Å². The SMILES string of the molecule is CC(C)N(CC(O)c1ccc(O)c(O)c1)C(=O)/C=C\C(=O)O. The molecule has 1 atom stereocenters. The van der Waals surface area contributed by atoms with Crippen molar-refractivity contribution < 1.29 is 30.0 Å². The van der Waals surface area contributed by atoms with Crippen LogP contribution in [-0.4, -0.2) is 49.8 Å². The van der Waals surface area contributed by atoms with Crippen LogP contribution in [0.5, 0.6) is 11.5 Å². The van der Waals surface area contributed by atoms with Crippen LogP contribution in [0.3, 0.4) is 0 Å². The van der Waals surface area contributed by atoms with E-state index in [2.05, 4.69) is 0 Å². The van der Waals surface area contributed by atoms with E-state index in [9.17, 15) is 24.9 Å². The van der Waals surface area contributed by atoms with Gasteiger partial charge in [0.2, 0.25) is 5.91 Å². The van der Waals surface area contributed by atoms with Gasteiger partial charge in [-0.1, -0.05) is 6.07 Å². The fourth-order valence-electron chi connectivity index (χ4n) is 1.83. The molecule has 0 radical (unpaired) electrons. The summed E-state index contributed by atoms with van der Waals surface area (Å²) in [6, 6.07) is 3.61. The van der Waals surface area contributed by atoms with E-state index in [-0.39, 0.29) is 24.1 Å². The monoisotopic (exact) mass is 309 g/mol. The number of amides is 1. The molecule has 0 saturated carbocycles. The van der Waals surface area contributed by atoms with Gasteiger partial charge in [0, 0.05) is 18.2 Å². The highest BCUT2D eigenvalue weighted by atomic mass is 16.4. The smallest absolute Gasteiger partial charge is 0.328 e. The molecule has 0 saturated heterocycles. The minimum atomic E-state index is -1.24. The zero-order chi connectivity index (χ0) is 16.9. The number of aliphatic hydroxyl groups excluding tert-OH is 1. The van der Waals surface area contributed by atoms with Crippen molar-refractivity contribution in [2.24, 2.45) is 0 Å². The van der Waals surface area contributed by atoms with Crippen LogP contribution in [0.2, 0.25) is 0 Å². The number of aliphatic hydroxyl groups is 1. The third kappa shape index (κ3) is 4.78. The number of hydrogen-bond donors (Lipinski definition) is 4. The molecule has 0 heterocycles. The molecule has 0 aliphatic carbocycles. The zero-order valence-corrected chi connectivity index (χ0v) is 12.3. The summed E-state index contributed by atoms with van der Waals surface area (Å²) in [5.74, 6) is -2.46. The van der Waals surface area contributed by atoms with E-state index in [4.69, 9.17) is 5.11 Å². The van der Waals surface area contributed by atoms with Crippen LogP contribution in [0.4, 0.5) is 0 Å². The van der Waals surface area contributed by atoms with E-state index < -0.39 is 18.0 Å². The second-order valence-electron chi connectivity index (χ2n) is 5.02. The minimum Gasteiger partial charge on any atom is -0.504 e. The summed E-state index contributed by atoms with van der Waals surface area (Å²) >= 11 is 0. The van der Waals surface area contributed by atoms with Crippen molar-refractivity contribution in [2.75, 3.05) is 6.54 Å². The normalized spacial score (nSPS) is 12.5. The Morgan fingerprint density at radius 2 is 1.82 bits per heavy atom. The second-order valence-corrected chi connectivity index (χ2v) is 5.02. The van der Waals surface area contributed by atoms with E-state index in [0.717, 1.165) is 12.2 Å². The maximum absolute atomic E-state index is 12.0. The molecule has 1 aromatic rings. The molecule has 0 aliphatic rings. The predicted molar refractivity (Wildman–Crippen MR) is 78.4 cm³/mol. The summed E-state index contributed by atoms with van der Waals surface area (Å²) in [5, 5.41) is 37.4. The van der Waals surface area contributed by atoms with Gasteiger partial charge in [0.05, 0.1) is 12.6 Å². The molecule has 1 unspecified atom stereocenters. The Bertz CT molecular complexity index is 581. The first kappa shape index (κ1) is 17.5. The number of carboxylic acid groups (broad SMARTS) is 1. The van der Waals surface area contributed by atoms with Gasteiger partial charge < -0.3 is 25.3 Å². The third-order valence-corrected chi connectivity index (χ3v) is 3.03. The van der Waals surface area contributed by atoms with Crippen molar-refractivity contribution in [3.05, 3.63) is 35.9 Å². The van der Waals surface area contributed by atoms with Gasteiger partial charge in [-0.2, -0.15) is 0 Å². The maximum atomic E-state index is 12.0. The number of carboxylic acids is 1. The van der Waals surface area contributed by atoms with Gasteiger partial charge in [0.1, 0.15) is 0 Å². The molecule has 7 nitrogen and oxygen atoms in total. The summed E-state index contributed by atoms with van der Waals surface area (Å²) < 4.78 is 0. The molecule has 1 rings (SSSR count). The highest BCUT2D eigenvalue weighted by Gasteiger charge is 2.20. The van der Waals surface area contributed by atoms with Crippen LogP contribution >= 0.6 is 0 Å². The topological polar surface area (TPSA) is 118 Å². The van der Waals surface area contributed by atoms with E-state index in [1.165, 1.54) is 23.1 Å². The predicted octanol–water partition coefficient (Wildman–Crippen LogP) is 1.01. The fourth-order valence-corrected chi connectivity index (χ4v) is 1.83. The molecule has 120 valence electrons. The number of carbonyl (C=O) groups is 2. The average molecular weight is 309 g/mol. The van der Waals surface area contributed by atoms with Crippen LogP contribution in [0.1, 0.15) is 25.5 Å². The van der Waals surface area contributed by atoms with Crippen LogP contribution in [0, 0.1) is 0 Å². The van der Waals surface area contributed by atoms with E-state index >= 15 is 0 Å². The highest BCUT2D eigenvalue weighted by molar-refractivity contribution is 5.94. The van der Waals surface area contributed by atoms with Crippen molar-refractivity contribution >= 4 is 11.9 Å². The van der Waals surface area contributed by atoms with E-state index in [1.54, 1.807) is 13.8 Å². The zero-order valence-electron chi connectivity index (χ0n) is 12.3. The number of rotatable bonds is 6. The average Bonchev–Trinajstić information content (AvgIpc) is 2.44. The van der Waals surface area contributed by atoms with Gasteiger partial charge in [0.25, 0.3) is 0 Å². The molecule has 1 aromatic carbocycles. The maximum Gasteiger partial charge on any atom is 0.328 e. The van der Waals surface area contributed by atoms with Crippen molar-refractivity contribution in [3.63, 3.8) is 0 Å². The van der Waals surface area contributed by atoms with Crippen molar-refractivity contribution in [3.8, 4) is 11.5 Å². The van der Waals surface area contributed by atoms with Gasteiger partial charge in [-0.15, -0.1) is 0 Å². The van der Waals surface area contributed by atoms with Crippen LogP contribution in [0.15, 0.2) is 30.4 Å². The number of phenols is 2. The summed E-state index contributed by atoms with van der Waals surface area (Å²) in [4.78, 5) is 23.7. The Kier molecular flexibility index (Phi) is 5.94. The van der Waals surface area contributed by atoms with Crippen LogP contribution < -0.4 is 0 Å². The van der Waals surface area contributed by atoms with Crippen LogP contribution in [-0.2, 0) is 9.59 Å². The molecular formula is C15H19NO6. The van der Waals surface area contributed by atoms with E-state index in [1.807, 2.05) is 0 Å². The lowest BCUT2D eigenvalue weighted by molar-refractivity contribution is -0.133. The molecule has 0 bridgehead atoms. The van der Waals surface area contributed by atoms with Crippen LogP contribution in [0.25, 0.3) is 0 Å². The Morgan fingerprint density at radius 3 is 2.32 bits per heavy atom. The quantitative estimate of drug-likeness (QED) is 0.460. The standard InChI is InChI=1S/C15H19NO6/c1-9(2)16(14(20)5-6-15(21)22)8-13(19)10-3-4-11(17)12(18)7-10/h3-7,9,13,17-19H,8H2,1-2H3,(H,21,22)/b6-5-. The van der Waals surface area contributed by atoms with E-state index in [0.29, 0.717) is 5.56 Å². The molecule has 0 fully saturated rings. The molecule has 7 heteroatoms. The van der Waals surface area contributed by atoms with Gasteiger partial charge in [-0.3, -0.25) is 4.79 Å². The van der Waals surface area contributed by atoms with Gasteiger partial charge >= 0.3 is 5.97 Å². The summed E-state index contributed by atoms with van der Waals surface area (Å²) in [6.07, 6.45) is 0.566. The Labute approximate surface area is 127 Å². The highest BCUT2D eigenvalue weighted by Crippen LogP contribution is 2.28. The summed E-state index contributed by atoms with van der Waals surface area (Å²) in [6.45, 7) is 3.38. The fraction of sp³-hybridized carbons (Fsp3) is 0.333. The molecule has 4 N–H and O–H groups in total. The number of phenolic OH excluding ortho intramolecular Hbond substituents is 2. The number of nitrogens with zero attached hydrogens (tertiary/aromatic N) is 1. The molecule has 0 spiro atoms. The lowest BCUT2D eigenvalue weighted by Gasteiger charge is -2.28. The Hall–Kier alpha value is -2.54. The van der Waals surface area contributed by atoms with Crippen molar-refractivity contribution in [2.45, 2.75) is 26.0 Å². The largest absolute Gasteiger partial charge is 0.504 e. The third-order valence-electron chi connectivity index (χ3n) is 3.03. The van der Waals surface area contributed by atoms with Gasteiger partial charge in [-0.25, -0.2) is 4.79 Å². The molecule has 0 aliphatic heterocycles. The summed E-state index contributed by atoms with van der Waals surface area (Å²) in [5.41, 5.74) is 0.330. The first-order valence-electron chi connectivity index (χ1n) is 6.64. The number of aliphatic carboxylic acids is 1. The lowest BCUT2D eigenvalue weighted by atomic mass is 10.1.